The molecule has 2 aliphatic heterocycles. The van der Waals surface area contributed by atoms with Gasteiger partial charge in [0.15, 0.2) is 0 Å². The third-order valence-electron chi connectivity index (χ3n) is 5.97. The Bertz CT molecular complexity index is 1130. The third-order valence-corrected chi connectivity index (χ3v) is 5.97. The second-order valence-electron chi connectivity index (χ2n) is 7.74. The fourth-order valence-electron chi connectivity index (χ4n) is 4.62. The molecule has 2 aliphatic rings. The Morgan fingerprint density at radius 2 is 1.93 bits per heavy atom. The van der Waals surface area contributed by atoms with Crippen LogP contribution in [0.2, 0.25) is 0 Å². The molecule has 0 radical (unpaired) electrons. The van der Waals surface area contributed by atoms with E-state index in [1.165, 1.54) is 0 Å². The lowest BCUT2D eigenvalue weighted by atomic mass is 9.82. The molecule has 29 heavy (non-hydrogen) atoms. The van der Waals surface area contributed by atoms with Gasteiger partial charge in [0.1, 0.15) is 0 Å². The van der Waals surface area contributed by atoms with Gasteiger partial charge in [-0.25, -0.2) is 0 Å². The molecule has 0 aliphatic carbocycles. The number of hydrogen-bond acceptors (Lipinski definition) is 4. The van der Waals surface area contributed by atoms with E-state index in [9.17, 15) is 9.59 Å². The molecule has 1 saturated heterocycles. The van der Waals surface area contributed by atoms with E-state index in [-0.39, 0.29) is 11.8 Å². The molecule has 146 valence electrons. The maximum absolute atomic E-state index is 12.6. The second kappa shape index (κ2) is 6.88. The third kappa shape index (κ3) is 3.01. The zero-order valence-corrected chi connectivity index (χ0v) is 16.0. The predicted molar refractivity (Wildman–Crippen MR) is 113 cm³/mol. The van der Waals surface area contributed by atoms with Crippen molar-refractivity contribution in [3.63, 3.8) is 0 Å². The molecule has 3 heterocycles. The van der Waals surface area contributed by atoms with Crippen molar-refractivity contribution in [1.29, 1.82) is 0 Å². The van der Waals surface area contributed by atoms with Crippen LogP contribution in [0.1, 0.15) is 46.7 Å². The number of carbonyl (C=O) groups is 2. The van der Waals surface area contributed by atoms with Crippen molar-refractivity contribution in [2.24, 2.45) is 5.73 Å². The van der Waals surface area contributed by atoms with Crippen LogP contribution in [0, 0.1) is 0 Å². The molecule has 6 heteroatoms. The highest BCUT2D eigenvalue weighted by Gasteiger charge is 2.31. The van der Waals surface area contributed by atoms with Gasteiger partial charge in [0.05, 0.1) is 16.8 Å². The van der Waals surface area contributed by atoms with E-state index in [1.807, 2.05) is 42.5 Å². The summed E-state index contributed by atoms with van der Waals surface area (Å²) in [4.78, 5) is 31.5. The number of aromatic nitrogens is 1. The molecule has 6 nitrogen and oxygen atoms in total. The number of primary amides is 1. The van der Waals surface area contributed by atoms with Crippen LogP contribution in [-0.2, 0) is 4.79 Å². The summed E-state index contributed by atoms with van der Waals surface area (Å²) in [5.74, 6) is -0.620. The Hall–Kier alpha value is -3.41. The smallest absolute Gasteiger partial charge is 0.250 e. The predicted octanol–water partition coefficient (Wildman–Crippen LogP) is 3.41. The van der Waals surface area contributed by atoms with E-state index >= 15 is 0 Å². The number of rotatable bonds is 3. The van der Waals surface area contributed by atoms with Gasteiger partial charge >= 0.3 is 0 Å². The van der Waals surface area contributed by atoms with Crippen molar-refractivity contribution in [3.8, 4) is 0 Å². The first kappa shape index (κ1) is 17.7. The van der Waals surface area contributed by atoms with Crippen LogP contribution in [0.5, 0.6) is 0 Å². The highest BCUT2D eigenvalue weighted by molar-refractivity contribution is 6.03. The lowest BCUT2D eigenvalue weighted by Gasteiger charge is -2.30. The topological polar surface area (TPSA) is 88.3 Å². The van der Waals surface area contributed by atoms with Gasteiger partial charge in [0.25, 0.3) is 5.91 Å². The number of hydrogen-bond donors (Lipinski definition) is 2. The molecule has 1 atom stereocenters. The summed E-state index contributed by atoms with van der Waals surface area (Å²) >= 11 is 0. The first-order chi connectivity index (χ1) is 14.1. The van der Waals surface area contributed by atoms with Crippen molar-refractivity contribution in [1.82, 2.24) is 4.98 Å². The molecule has 0 spiro atoms. The molecule has 3 N–H and O–H groups in total. The average Bonchev–Trinajstić information content (AvgIpc) is 3.26. The van der Waals surface area contributed by atoms with Gasteiger partial charge in [-0.3, -0.25) is 14.6 Å². The maximum Gasteiger partial charge on any atom is 0.250 e. The van der Waals surface area contributed by atoms with Crippen LogP contribution >= 0.6 is 0 Å². The number of nitrogens with two attached hydrogens (primary N) is 1. The van der Waals surface area contributed by atoms with Gasteiger partial charge < -0.3 is 16.0 Å². The van der Waals surface area contributed by atoms with Crippen LogP contribution in [0.25, 0.3) is 10.9 Å². The highest BCUT2D eigenvalue weighted by Crippen LogP contribution is 2.42. The van der Waals surface area contributed by atoms with Gasteiger partial charge in [-0.05, 0) is 48.2 Å². The lowest BCUT2D eigenvalue weighted by Crippen LogP contribution is -2.27. The van der Waals surface area contributed by atoms with Gasteiger partial charge in [-0.1, -0.05) is 18.2 Å². The zero-order valence-electron chi connectivity index (χ0n) is 16.0. The van der Waals surface area contributed by atoms with Crippen molar-refractivity contribution in [2.45, 2.75) is 25.2 Å². The number of carbonyl (C=O) groups excluding carboxylic acids is 2. The standard InChI is InChI=1S/C23H22N4O2/c24-23(29)18-11-17-16(14-5-3-7-19-15(14)6-4-8-25-19)12-22(28)26-20(17)13-21(18)27-9-1-2-10-27/h3-8,11,13,16H,1-2,9-10,12H2,(H2,24,29)(H,26,28). The summed E-state index contributed by atoms with van der Waals surface area (Å²) in [7, 11) is 0. The van der Waals surface area contributed by atoms with Crippen LogP contribution in [-0.4, -0.2) is 29.9 Å². The van der Waals surface area contributed by atoms with E-state index < -0.39 is 5.91 Å². The molecule has 2 aromatic carbocycles. The monoisotopic (exact) mass is 386 g/mol. The minimum absolute atomic E-state index is 0.0254. The van der Waals surface area contributed by atoms with E-state index in [4.69, 9.17) is 5.73 Å². The van der Waals surface area contributed by atoms with Gasteiger partial charge in [0.2, 0.25) is 5.91 Å². The Morgan fingerprint density at radius 3 is 2.72 bits per heavy atom. The number of nitrogens with zero attached hydrogens (tertiary/aromatic N) is 2. The summed E-state index contributed by atoms with van der Waals surface area (Å²) in [6, 6.07) is 13.7. The molecule has 0 saturated carbocycles. The lowest BCUT2D eigenvalue weighted by molar-refractivity contribution is -0.116. The SMILES string of the molecule is NC(=O)c1cc2c(cc1N1CCCC1)NC(=O)CC2c1cccc2ncccc12. The van der Waals surface area contributed by atoms with Crippen molar-refractivity contribution >= 4 is 34.1 Å². The van der Waals surface area contributed by atoms with Crippen LogP contribution in [0.3, 0.4) is 0 Å². The fourth-order valence-corrected chi connectivity index (χ4v) is 4.62. The van der Waals surface area contributed by atoms with Crippen LogP contribution in [0.4, 0.5) is 11.4 Å². The average molecular weight is 386 g/mol. The van der Waals surface area contributed by atoms with E-state index in [2.05, 4.69) is 15.2 Å². The number of benzene rings is 2. The molecule has 5 rings (SSSR count). The highest BCUT2D eigenvalue weighted by atomic mass is 16.2. The summed E-state index contributed by atoms with van der Waals surface area (Å²) in [5, 5.41) is 4.02. The molecular weight excluding hydrogens is 364 g/mol. The molecule has 1 aromatic heterocycles. The second-order valence-corrected chi connectivity index (χ2v) is 7.74. The molecule has 3 aromatic rings. The van der Waals surface area contributed by atoms with Crippen LogP contribution < -0.4 is 16.0 Å². The molecule has 1 fully saturated rings. The Labute approximate surface area is 168 Å². The summed E-state index contributed by atoms with van der Waals surface area (Å²) in [6.07, 6.45) is 4.27. The Balaban J connectivity index is 1.70. The molecule has 1 unspecified atom stereocenters. The maximum atomic E-state index is 12.6. The van der Waals surface area contributed by atoms with Gasteiger partial charge in [-0.15, -0.1) is 0 Å². The Kier molecular flexibility index (Phi) is 4.19. The number of nitrogens with one attached hydrogen (secondary N) is 1. The quantitative estimate of drug-likeness (QED) is 0.722. The normalized spacial score (nSPS) is 18.6. The molecule has 0 bridgehead atoms. The largest absolute Gasteiger partial charge is 0.371 e. The van der Waals surface area contributed by atoms with E-state index in [0.29, 0.717) is 12.0 Å². The first-order valence-corrected chi connectivity index (χ1v) is 9.98. The minimum Gasteiger partial charge on any atom is -0.371 e. The number of fused-ring (bicyclic) bond motifs is 2. The summed E-state index contributed by atoms with van der Waals surface area (Å²) < 4.78 is 0. The van der Waals surface area contributed by atoms with Crippen molar-refractivity contribution in [2.75, 3.05) is 23.3 Å². The van der Waals surface area contributed by atoms with Gasteiger partial charge in [-0.2, -0.15) is 0 Å². The van der Waals surface area contributed by atoms with Crippen molar-refractivity contribution in [3.05, 3.63) is 65.4 Å². The summed E-state index contributed by atoms with van der Waals surface area (Å²) in [5.41, 5.74) is 10.7. The van der Waals surface area contributed by atoms with Gasteiger partial charge in [0, 0.05) is 42.7 Å². The molecule has 2 amide bonds. The number of amides is 2. The number of anilines is 2. The molecular formula is C23H22N4O2. The minimum atomic E-state index is -0.440. The summed E-state index contributed by atoms with van der Waals surface area (Å²) in [6.45, 7) is 1.79. The number of pyridine rings is 1. The van der Waals surface area contributed by atoms with E-state index in [1.54, 1.807) is 6.20 Å². The first-order valence-electron chi connectivity index (χ1n) is 9.98. The van der Waals surface area contributed by atoms with Crippen LogP contribution in [0.15, 0.2) is 48.7 Å². The zero-order chi connectivity index (χ0) is 20.0. The fraction of sp³-hybridized carbons (Fsp3) is 0.261. The van der Waals surface area contributed by atoms with Crippen molar-refractivity contribution < 1.29 is 9.59 Å². The Morgan fingerprint density at radius 1 is 1.10 bits per heavy atom. The van der Waals surface area contributed by atoms with E-state index in [0.717, 1.165) is 59.3 Å².